The van der Waals surface area contributed by atoms with Crippen LogP contribution in [0.3, 0.4) is 0 Å². The van der Waals surface area contributed by atoms with E-state index in [4.69, 9.17) is 4.74 Å². The van der Waals surface area contributed by atoms with Crippen LogP contribution in [0.1, 0.15) is 33.0 Å². The molecule has 1 aliphatic rings. The van der Waals surface area contributed by atoms with Gasteiger partial charge in [-0.05, 0) is 60.9 Å². The summed E-state index contributed by atoms with van der Waals surface area (Å²) in [5.74, 6) is 1.52. The van der Waals surface area contributed by atoms with E-state index in [1.54, 1.807) is 0 Å². The van der Waals surface area contributed by atoms with Gasteiger partial charge >= 0.3 is 0 Å². The normalized spacial score (nSPS) is 12.1. The molecule has 34 heavy (non-hydrogen) atoms. The van der Waals surface area contributed by atoms with E-state index in [1.807, 2.05) is 54.6 Å². The van der Waals surface area contributed by atoms with Gasteiger partial charge in [0.05, 0.1) is 11.0 Å². The summed E-state index contributed by atoms with van der Waals surface area (Å²) < 4.78 is 5.81. The van der Waals surface area contributed by atoms with Crippen molar-refractivity contribution < 1.29 is 9.53 Å². The minimum Gasteiger partial charge on any atom is -0.488 e. The molecule has 168 valence electrons. The van der Waals surface area contributed by atoms with E-state index < -0.39 is 0 Å². The molecule has 0 fully saturated rings. The van der Waals surface area contributed by atoms with Crippen molar-refractivity contribution in [1.29, 1.82) is 0 Å². The molecule has 3 N–H and O–H groups in total. The zero-order chi connectivity index (χ0) is 23.1. The molecular formula is C27H23N5O2. The first kappa shape index (κ1) is 20.2. The van der Waals surface area contributed by atoms with Gasteiger partial charge in [-0.3, -0.25) is 9.89 Å². The number of hydrogen-bond donors (Lipinski definition) is 3. The van der Waals surface area contributed by atoms with Crippen LogP contribution in [0.2, 0.25) is 0 Å². The average Bonchev–Trinajstić information content (AvgIpc) is 3.47. The molecule has 0 saturated carbocycles. The van der Waals surface area contributed by atoms with E-state index >= 15 is 0 Å². The number of carbonyl (C=O) groups is 1. The van der Waals surface area contributed by atoms with Gasteiger partial charge in [0.2, 0.25) is 0 Å². The first-order chi connectivity index (χ1) is 16.6. The van der Waals surface area contributed by atoms with Crippen LogP contribution in [0.4, 0.5) is 5.69 Å². The topological polar surface area (TPSA) is 95.7 Å². The van der Waals surface area contributed by atoms with Crippen molar-refractivity contribution in [3.05, 3.63) is 94.9 Å². The SMILES string of the molecule is Cc1ccc2nc(CCc3ccc(NC(=O)c4[nH]nc5c4COc4ccccc4-5)cc3)[nH]c2c1. The highest BCUT2D eigenvalue weighted by molar-refractivity contribution is 6.05. The third-order valence-electron chi connectivity index (χ3n) is 6.16. The molecule has 0 bridgehead atoms. The number of amides is 1. The second kappa shape index (κ2) is 8.19. The molecule has 0 aliphatic carbocycles. The predicted octanol–water partition coefficient (Wildman–Crippen LogP) is 5.19. The summed E-state index contributed by atoms with van der Waals surface area (Å²) in [5, 5.41) is 10.2. The van der Waals surface area contributed by atoms with E-state index in [-0.39, 0.29) is 5.91 Å². The van der Waals surface area contributed by atoms with Gasteiger partial charge in [-0.25, -0.2) is 4.98 Å². The Hall–Kier alpha value is -4.39. The summed E-state index contributed by atoms with van der Waals surface area (Å²) in [6.45, 7) is 2.39. The smallest absolute Gasteiger partial charge is 0.274 e. The maximum atomic E-state index is 12.9. The van der Waals surface area contributed by atoms with Crippen LogP contribution in [-0.2, 0) is 19.4 Å². The van der Waals surface area contributed by atoms with Crippen molar-refractivity contribution in [2.45, 2.75) is 26.4 Å². The zero-order valence-corrected chi connectivity index (χ0v) is 18.7. The van der Waals surface area contributed by atoms with Gasteiger partial charge in [0.1, 0.15) is 29.6 Å². The van der Waals surface area contributed by atoms with Crippen LogP contribution in [0.15, 0.2) is 66.7 Å². The molecule has 3 aromatic carbocycles. The first-order valence-electron chi connectivity index (χ1n) is 11.3. The summed E-state index contributed by atoms with van der Waals surface area (Å²) in [6, 6.07) is 21.8. The van der Waals surface area contributed by atoms with E-state index in [0.29, 0.717) is 12.3 Å². The molecule has 2 aromatic heterocycles. The number of para-hydroxylation sites is 1. The van der Waals surface area contributed by atoms with Gasteiger partial charge in [-0.1, -0.05) is 30.3 Å². The third kappa shape index (κ3) is 3.71. The van der Waals surface area contributed by atoms with Gasteiger partial charge in [0.15, 0.2) is 0 Å². The lowest BCUT2D eigenvalue weighted by Gasteiger charge is -2.17. The fourth-order valence-electron chi connectivity index (χ4n) is 4.36. The Morgan fingerprint density at radius 3 is 2.79 bits per heavy atom. The lowest BCUT2D eigenvalue weighted by molar-refractivity contribution is 0.102. The standard InChI is InChI=1S/C27H23N5O2/c1-16-6-12-21-22(14-16)30-24(29-21)13-9-17-7-10-18(11-8-17)28-27(33)26-20-15-34-23-5-3-2-4-19(23)25(20)31-32-26/h2-8,10-12,14H,9,13,15H2,1H3,(H,28,33)(H,29,30)(H,31,32). The van der Waals surface area contributed by atoms with Gasteiger partial charge in [0.25, 0.3) is 5.91 Å². The van der Waals surface area contributed by atoms with E-state index in [2.05, 4.69) is 44.5 Å². The third-order valence-corrected chi connectivity index (χ3v) is 6.16. The molecule has 7 heteroatoms. The first-order valence-corrected chi connectivity index (χ1v) is 11.3. The quantitative estimate of drug-likeness (QED) is 0.344. The summed E-state index contributed by atoms with van der Waals surface area (Å²) in [5.41, 5.74) is 8.05. The summed E-state index contributed by atoms with van der Waals surface area (Å²) in [4.78, 5) is 21.0. The summed E-state index contributed by atoms with van der Waals surface area (Å²) in [7, 11) is 0. The second-order valence-electron chi connectivity index (χ2n) is 8.57. The number of imidazole rings is 1. The maximum absolute atomic E-state index is 12.9. The fraction of sp³-hybridized carbons (Fsp3) is 0.148. The van der Waals surface area contributed by atoms with Gasteiger partial charge in [-0.2, -0.15) is 5.10 Å². The van der Waals surface area contributed by atoms with Crippen molar-refractivity contribution in [2.75, 3.05) is 5.32 Å². The van der Waals surface area contributed by atoms with E-state index in [0.717, 1.165) is 58.0 Å². The number of anilines is 1. The van der Waals surface area contributed by atoms with E-state index in [9.17, 15) is 4.79 Å². The molecule has 3 heterocycles. The van der Waals surface area contributed by atoms with Crippen LogP contribution in [0.5, 0.6) is 5.75 Å². The Labute approximate surface area is 196 Å². The van der Waals surface area contributed by atoms with Crippen molar-refractivity contribution in [3.63, 3.8) is 0 Å². The summed E-state index contributed by atoms with van der Waals surface area (Å²) in [6.07, 6.45) is 1.68. The number of hydrogen-bond acceptors (Lipinski definition) is 4. The van der Waals surface area contributed by atoms with Crippen LogP contribution in [0.25, 0.3) is 22.3 Å². The molecule has 1 amide bonds. The Morgan fingerprint density at radius 1 is 1.06 bits per heavy atom. The van der Waals surface area contributed by atoms with Crippen molar-refractivity contribution in [2.24, 2.45) is 0 Å². The lowest BCUT2D eigenvalue weighted by Crippen LogP contribution is -2.16. The number of fused-ring (bicyclic) bond motifs is 4. The minimum atomic E-state index is -0.234. The molecule has 0 spiro atoms. The number of ether oxygens (including phenoxy) is 1. The molecule has 0 radical (unpaired) electrons. The highest BCUT2D eigenvalue weighted by atomic mass is 16.5. The lowest BCUT2D eigenvalue weighted by atomic mass is 10.0. The largest absolute Gasteiger partial charge is 0.488 e. The number of aromatic nitrogens is 4. The number of nitrogens with zero attached hydrogens (tertiary/aromatic N) is 2. The second-order valence-corrected chi connectivity index (χ2v) is 8.57. The number of aromatic amines is 2. The highest BCUT2D eigenvalue weighted by Gasteiger charge is 2.26. The van der Waals surface area contributed by atoms with E-state index in [1.165, 1.54) is 11.1 Å². The number of benzene rings is 3. The van der Waals surface area contributed by atoms with Gasteiger partial charge in [0, 0.05) is 23.2 Å². The fourth-order valence-corrected chi connectivity index (χ4v) is 4.36. The molecule has 6 rings (SSSR count). The number of aryl methyl sites for hydroxylation is 3. The monoisotopic (exact) mass is 449 g/mol. The molecular weight excluding hydrogens is 426 g/mol. The van der Waals surface area contributed by atoms with Crippen LogP contribution in [-0.4, -0.2) is 26.1 Å². The number of rotatable bonds is 5. The molecule has 7 nitrogen and oxygen atoms in total. The Bertz CT molecular complexity index is 1510. The average molecular weight is 450 g/mol. The van der Waals surface area contributed by atoms with Crippen LogP contribution < -0.4 is 10.1 Å². The van der Waals surface area contributed by atoms with Crippen LogP contribution >= 0.6 is 0 Å². The summed E-state index contributed by atoms with van der Waals surface area (Å²) >= 11 is 0. The molecule has 0 saturated heterocycles. The predicted molar refractivity (Wildman–Crippen MR) is 131 cm³/mol. The Kier molecular flexibility index (Phi) is 4.87. The molecule has 0 atom stereocenters. The highest BCUT2D eigenvalue weighted by Crippen LogP contribution is 2.37. The number of nitrogens with one attached hydrogen (secondary N) is 3. The van der Waals surface area contributed by atoms with Crippen molar-refractivity contribution in [1.82, 2.24) is 20.2 Å². The molecule has 0 unspecified atom stereocenters. The van der Waals surface area contributed by atoms with Gasteiger partial charge in [-0.15, -0.1) is 0 Å². The van der Waals surface area contributed by atoms with Gasteiger partial charge < -0.3 is 15.0 Å². The minimum absolute atomic E-state index is 0.234. The number of carbonyl (C=O) groups excluding carboxylic acids is 1. The van der Waals surface area contributed by atoms with Crippen molar-refractivity contribution >= 4 is 22.6 Å². The maximum Gasteiger partial charge on any atom is 0.274 e. The zero-order valence-electron chi connectivity index (χ0n) is 18.7. The number of H-pyrrole nitrogens is 2. The van der Waals surface area contributed by atoms with Crippen molar-refractivity contribution in [3.8, 4) is 17.0 Å². The molecule has 5 aromatic rings. The Balaban J connectivity index is 1.12. The van der Waals surface area contributed by atoms with Crippen LogP contribution in [0, 0.1) is 6.92 Å². The molecule has 1 aliphatic heterocycles. The Morgan fingerprint density at radius 2 is 1.91 bits per heavy atom.